The molecule has 5 N–H and O–H groups in total. The molecule has 0 spiro atoms. The first-order chi connectivity index (χ1) is 12.1. The minimum atomic E-state index is -0.568. The van der Waals surface area contributed by atoms with Gasteiger partial charge in [-0.3, -0.25) is 4.79 Å². The SMILES string of the molecule is CNc1ccc(C(=O)N[C@H]2CN(C(=O)OC(C)(C)C)C[C@@H]2N)cc1NC. The molecule has 2 rings (SSSR count). The predicted molar refractivity (Wildman–Crippen MR) is 103 cm³/mol. The summed E-state index contributed by atoms with van der Waals surface area (Å²) in [6, 6.07) is 4.69. The first kappa shape index (κ1) is 19.8. The Morgan fingerprint density at radius 3 is 2.38 bits per heavy atom. The van der Waals surface area contributed by atoms with E-state index in [-0.39, 0.29) is 18.0 Å². The minimum Gasteiger partial charge on any atom is -0.444 e. The molecule has 8 nitrogen and oxygen atoms in total. The molecule has 0 aliphatic carbocycles. The third kappa shape index (κ3) is 4.78. The number of hydrogen-bond acceptors (Lipinski definition) is 6. The van der Waals surface area contributed by atoms with Crippen LogP contribution in [0.15, 0.2) is 18.2 Å². The fourth-order valence-corrected chi connectivity index (χ4v) is 2.82. The summed E-state index contributed by atoms with van der Waals surface area (Å²) in [5, 5.41) is 9.03. The number of carbonyl (C=O) groups is 2. The second-order valence-electron chi connectivity index (χ2n) is 7.39. The third-order valence-corrected chi connectivity index (χ3v) is 4.15. The average Bonchev–Trinajstić information content (AvgIpc) is 2.93. The number of rotatable bonds is 4. The highest BCUT2D eigenvalue weighted by atomic mass is 16.6. The summed E-state index contributed by atoms with van der Waals surface area (Å²) < 4.78 is 5.37. The van der Waals surface area contributed by atoms with Crippen LogP contribution in [-0.2, 0) is 4.74 Å². The zero-order valence-electron chi connectivity index (χ0n) is 16.1. The van der Waals surface area contributed by atoms with E-state index < -0.39 is 11.7 Å². The molecular formula is C18H29N5O3. The molecule has 1 aliphatic heterocycles. The van der Waals surface area contributed by atoms with E-state index in [1.807, 2.05) is 33.9 Å². The van der Waals surface area contributed by atoms with E-state index in [2.05, 4.69) is 16.0 Å². The van der Waals surface area contributed by atoms with Crippen LogP contribution in [0.3, 0.4) is 0 Å². The molecule has 8 heteroatoms. The van der Waals surface area contributed by atoms with Gasteiger partial charge in [-0.25, -0.2) is 4.79 Å². The predicted octanol–water partition coefficient (Wildman–Crippen LogP) is 1.45. The van der Waals surface area contributed by atoms with Crippen molar-refractivity contribution < 1.29 is 14.3 Å². The van der Waals surface area contributed by atoms with Crippen LogP contribution in [0.1, 0.15) is 31.1 Å². The van der Waals surface area contributed by atoms with Gasteiger partial charge >= 0.3 is 6.09 Å². The molecule has 0 unspecified atom stereocenters. The molecule has 0 bridgehead atoms. The number of benzene rings is 1. The minimum absolute atomic E-state index is 0.226. The van der Waals surface area contributed by atoms with E-state index in [4.69, 9.17) is 10.5 Å². The second kappa shape index (κ2) is 7.82. The lowest BCUT2D eigenvalue weighted by molar-refractivity contribution is 0.0288. The molecule has 144 valence electrons. The van der Waals surface area contributed by atoms with Gasteiger partial charge in [-0.15, -0.1) is 0 Å². The number of nitrogens with two attached hydrogens (primary N) is 1. The first-order valence-electron chi connectivity index (χ1n) is 8.68. The lowest BCUT2D eigenvalue weighted by Gasteiger charge is -2.24. The molecular weight excluding hydrogens is 334 g/mol. The highest BCUT2D eigenvalue weighted by molar-refractivity contribution is 5.96. The molecule has 1 fully saturated rings. The number of carbonyl (C=O) groups excluding carboxylic acids is 2. The molecule has 0 aromatic heterocycles. The number of anilines is 2. The van der Waals surface area contributed by atoms with Gasteiger partial charge in [0.25, 0.3) is 5.91 Å². The van der Waals surface area contributed by atoms with E-state index in [1.165, 1.54) is 4.90 Å². The van der Waals surface area contributed by atoms with Gasteiger partial charge in [0.2, 0.25) is 0 Å². The van der Waals surface area contributed by atoms with Crippen molar-refractivity contribution in [2.75, 3.05) is 37.8 Å². The summed E-state index contributed by atoms with van der Waals surface area (Å²) in [5.41, 5.74) is 7.79. The van der Waals surface area contributed by atoms with Crippen LogP contribution < -0.4 is 21.7 Å². The number of likely N-dealkylation sites (tertiary alicyclic amines) is 1. The number of nitrogens with zero attached hydrogens (tertiary/aromatic N) is 1. The van der Waals surface area contributed by atoms with Gasteiger partial charge < -0.3 is 31.3 Å². The summed E-state index contributed by atoms with van der Waals surface area (Å²) in [6.45, 7) is 6.12. The zero-order chi connectivity index (χ0) is 19.5. The summed E-state index contributed by atoms with van der Waals surface area (Å²) in [7, 11) is 3.61. The van der Waals surface area contributed by atoms with E-state index >= 15 is 0 Å². The molecule has 1 aliphatic rings. The van der Waals surface area contributed by atoms with Crippen molar-refractivity contribution in [3.05, 3.63) is 23.8 Å². The van der Waals surface area contributed by atoms with Crippen LogP contribution >= 0.6 is 0 Å². The molecule has 1 saturated heterocycles. The van der Waals surface area contributed by atoms with Gasteiger partial charge in [-0.1, -0.05) is 0 Å². The van der Waals surface area contributed by atoms with Gasteiger partial charge in [-0.05, 0) is 39.0 Å². The van der Waals surface area contributed by atoms with Crippen molar-refractivity contribution in [2.24, 2.45) is 5.73 Å². The smallest absolute Gasteiger partial charge is 0.410 e. The molecule has 1 aromatic carbocycles. The van der Waals surface area contributed by atoms with Gasteiger partial charge in [0.05, 0.1) is 17.4 Å². The standard InChI is InChI=1S/C18H29N5O3/c1-18(2,3)26-17(25)23-9-12(19)15(10-23)22-16(24)11-6-7-13(20-4)14(8-11)21-5/h6-8,12,15,20-21H,9-10,19H2,1-5H3,(H,22,24)/t12-,15-/m0/s1. The number of hydrogen-bond donors (Lipinski definition) is 4. The molecule has 26 heavy (non-hydrogen) atoms. The Labute approximate surface area is 154 Å². The maximum atomic E-state index is 12.6. The maximum absolute atomic E-state index is 12.6. The zero-order valence-corrected chi connectivity index (χ0v) is 16.1. The molecule has 2 amide bonds. The van der Waals surface area contributed by atoms with Crippen LogP contribution in [0.4, 0.5) is 16.2 Å². The van der Waals surface area contributed by atoms with Crippen LogP contribution in [0.2, 0.25) is 0 Å². The van der Waals surface area contributed by atoms with E-state index in [0.29, 0.717) is 18.7 Å². The van der Waals surface area contributed by atoms with Gasteiger partial charge in [0, 0.05) is 38.8 Å². The van der Waals surface area contributed by atoms with Crippen molar-refractivity contribution in [3.63, 3.8) is 0 Å². The van der Waals surface area contributed by atoms with Crippen molar-refractivity contribution in [3.8, 4) is 0 Å². The highest BCUT2D eigenvalue weighted by Crippen LogP contribution is 2.22. The van der Waals surface area contributed by atoms with Crippen LogP contribution in [0.5, 0.6) is 0 Å². The van der Waals surface area contributed by atoms with Gasteiger partial charge in [0.1, 0.15) is 5.60 Å². The summed E-state index contributed by atoms with van der Waals surface area (Å²) in [6.07, 6.45) is -0.416. The van der Waals surface area contributed by atoms with Crippen LogP contribution in [0.25, 0.3) is 0 Å². The lowest BCUT2D eigenvalue weighted by Crippen LogP contribution is -2.46. The topological polar surface area (TPSA) is 109 Å². The van der Waals surface area contributed by atoms with Crippen molar-refractivity contribution in [1.29, 1.82) is 0 Å². The van der Waals surface area contributed by atoms with Gasteiger partial charge in [0.15, 0.2) is 0 Å². The van der Waals surface area contributed by atoms with Crippen LogP contribution in [0, 0.1) is 0 Å². The molecule has 1 aromatic rings. The number of ether oxygens (including phenoxy) is 1. The van der Waals surface area contributed by atoms with Gasteiger partial charge in [-0.2, -0.15) is 0 Å². The summed E-state index contributed by atoms with van der Waals surface area (Å²) in [5.74, 6) is -0.226. The summed E-state index contributed by atoms with van der Waals surface area (Å²) >= 11 is 0. The monoisotopic (exact) mass is 363 g/mol. The van der Waals surface area contributed by atoms with Crippen molar-refractivity contribution in [2.45, 2.75) is 38.5 Å². The lowest BCUT2D eigenvalue weighted by atomic mass is 10.1. The molecule has 1 heterocycles. The first-order valence-corrected chi connectivity index (χ1v) is 8.68. The highest BCUT2D eigenvalue weighted by Gasteiger charge is 2.36. The largest absolute Gasteiger partial charge is 0.444 e. The average molecular weight is 363 g/mol. The van der Waals surface area contributed by atoms with Crippen molar-refractivity contribution in [1.82, 2.24) is 10.2 Å². The molecule has 2 atom stereocenters. The fourth-order valence-electron chi connectivity index (χ4n) is 2.82. The number of nitrogens with one attached hydrogen (secondary N) is 3. The summed E-state index contributed by atoms with van der Waals surface area (Å²) in [4.78, 5) is 26.3. The van der Waals surface area contributed by atoms with E-state index in [1.54, 1.807) is 19.2 Å². The Hall–Kier alpha value is -2.48. The Kier molecular flexibility index (Phi) is 5.97. The third-order valence-electron chi connectivity index (χ3n) is 4.15. The van der Waals surface area contributed by atoms with Crippen molar-refractivity contribution >= 4 is 23.4 Å². The Morgan fingerprint density at radius 2 is 1.81 bits per heavy atom. The number of amides is 2. The molecule has 0 radical (unpaired) electrons. The Bertz CT molecular complexity index is 671. The quantitative estimate of drug-likeness (QED) is 0.645. The van der Waals surface area contributed by atoms with E-state index in [0.717, 1.165) is 11.4 Å². The molecule has 0 saturated carbocycles. The van der Waals surface area contributed by atoms with E-state index in [9.17, 15) is 9.59 Å². The normalized spacial score (nSPS) is 19.8. The maximum Gasteiger partial charge on any atom is 0.410 e. The second-order valence-corrected chi connectivity index (χ2v) is 7.39. The fraction of sp³-hybridized carbons (Fsp3) is 0.556. The van der Waals surface area contributed by atoms with Crippen LogP contribution in [-0.4, -0.2) is 61.8 Å². The Morgan fingerprint density at radius 1 is 1.15 bits per heavy atom. The Balaban J connectivity index is 2.02.